The minimum absolute atomic E-state index is 0.140. The number of hydrogen-bond acceptors (Lipinski definition) is 4. The molecule has 0 saturated heterocycles. The van der Waals surface area contributed by atoms with Gasteiger partial charge in [-0.1, -0.05) is 13.8 Å². The molecule has 1 aromatic rings. The normalized spacial score (nSPS) is 13.7. The number of rotatable bonds is 7. The van der Waals surface area contributed by atoms with Crippen molar-refractivity contribution < 1.29 is 13.2 Å². The Morgan fingerprint density at radius 3 is 2.38 bits per heavy atom. The third-order valence-electron chi connectivity index (χ3n) is 3.35. The highest BCUT2D eigenvalue weighted by molar-refractivity contribution is 9.10. The number of methoxy groups -OCH3 is 1. The molecule has 0 bridgehead atoms. The second kappa shape index (κ2) is 7.58. The average molecular weight is 379 g/mol. The Kier molecular flexibility index (Phi) is 6.65. The summed E-state index contributed by atoms with van der Waals surface area (Å²) in [4.78, 5) is 2.24. The van der Waals surface area contributed by atoms with Crippen molar-refractivity contribution in [1.29, 1.82) is 0 Å². The van der Waals surface area contributed by atoms with Crippen LogP contribution in [-0.4, -0.2) is 47.1 Å². The predicted octanol–water partition coefficient (Wildman–Crippen LogP) is 2.32. The zero-order valence-corrected chi connectivity index (χ0v) is 15.5. The predicted molar refractivity (Wildman–Crippen MR) is 88.2 cm³/mol. The van der Waals surface area contributed by atoms with Gasteiger partial charge in [0, 0.05) is 12.6 Å². The molecule has 0 heterocycles. The Balaban J connectivity index is 2.89. The number of nitrogens with zero attached hydrogens (tertiary/aromatic N) is 1. The van der Waals surface area contributed by atoms with E-state index < -0.39 is 10.0 Å². The second-order valence-corrected chi connectivity index (χ2v) is 8.04. The summed E-state index contributed by atoms with van der Waals surface area (Å²) in [5, 5.41) is 0. The first-order valence-corrected chi connectivity index (χ1v) is 8.96. The van der Waals surface area contributed by atoms with Gasteiger partial charge < -0.3 is 9.64 Å². The second-order valence-electron chi connectivity index (χ2n) is 5.42. The van der Waals surface area contributed by atoms with Gasteiger partial charge >= 0.3 is 0 Å². The monoisotopic (exact) mass is 378 g/mol. The molecule has 0 aliphatic rings. The molecule has 0 aromatic heterocycles. The van der Waals surface area contributed by atoms with Crippen LogP contribution in [0.4, 0.5) is 0 Å². The Morgan fingerprint density at radius 1 is 1.33 bits per heavy atom. The highest BCUT2D eigenvalue weighted by Gasteiger charge is 2.21. The molecule has 0 fully saturated rings. The molecular formula is C14H23BrN2O3S. The largest absolute Gasteiger partial charge is 0.496 e. The molecule has 1 N–H and O–H groups in total. The van der Waals surface area contributed by atoms with Crippen LogP contribution in [0.5, 0.6) is 5.75 Å². The Hall–Kier alpha value is -0.630. The van der Waals surface area contributed by atoms with Crippen LogP contribution in [0.1, 0.15) is 13.8 Å². The van der Waals surface area contributed by atoms with Gasteiger partial charge in [0.25, 0.3) is 0 Å². The first-order valence-electron chi connectivity index (χ1n) is 6.68. The zero-order chi connectivity index (χ0) is 16.2. The van der Waals surface area contributed by atoms with Crippen LogP contribution < -0.4 is 9.46 Å². The maximum atomic E-state index is 12.3. The number of likely N-dealkylation sites (N-methyl/N-ethyl adjacent to an activating group) is 1. The number of sulfonamides is 1. The van der Waals surface area contributed by atoms with Crippen molar-refractivity contribution in [3.8, 4) is 5.75 Å². The van der Waals surface area contributed by atoms with E-state index in [2.05, 4.69) is 34.5 Å². The van der Waals surface area contributed by atoms with Crippen LogP contribution in [-0.2, 0) is 10.0 Å². The molecule has 0 radical (unpaired) electrons. The van der Waals surface area contributed by atoms with Gasteiger partial charge in [0.05, 0.1) is 16.5 Å². The molecule has 21 heavy (non-hydrogen) atoms. The molecule has 0 aliphatic heterocycles. The molecule has 1 aromatic carbocycles. The van der Waals surface area contributed by atoms with Crippen LogP contribution in [0.15, 0.2) is 27.6 Å². The smallest absolute Gasteiger partial charge is 0.240 e. The van der Waals surface area contributed by atoms with E-state index in [-0.39, 0.29) is 10.9 Å². The van der Waals surface area contributed by atoms with Crippen LogP contribution in [0, 0.1) is 5.92 Å². The van der Waals surface area contributed by atoms with E-state index in [1.165, 1.54) is 13.2 Å². The Morgan fingerprint density at radius 2 is 1.95 bits per heavy atom. The van der Waals surface area contributed by atoms with Gasteiger partial charge in [-0.15, -0.1) is 0 Å². The minimum atomic E-state index is -3.53. The van der Waals surface area contributed by atoms with Crippen molar-refractivity contribution in [2.45, 2.75) is 24.8 Å². The van der Waals surface area contributed by atoms with E-state index in [4.69, 9.17) is 4.74 Å². The van der Waals surface area contributed by atoms with E-state index in [1.807, 2.05) is 19.0 Å². The number of ether oxygens (including phenoxy) is 1. The highest BCUT2D eigenvalue weighted by Crippen LogP contribution is 2.27. The third kappa shape index (κ3) is 4.95. The lowest BCUT2D eigenvalue weighted by Gasteiger charge is -2.28. The summed E-state index contributed by atoms with van der Waals surface area (Å²) in [7, 11) is 1.90. The summed E-state index contributed by atoms with van der Waals surface area (Å²) in [6.07, 6.45) is 0. The quantitative estimate of drug-likeness (QED) is 0.790. The molecule has 5 nitrogen and oxygen atoms in total. The summed E-state index contributed by atoms with van der Waals surface area (Å²) >= 11 is 3.30. The molecule has 7 heteroatoms. The summed E-state index contributed by atoms with van der Waals surface area (Å²) < 4.78 is 33.1. The zero-order valence-electron chi connectivity index (χ0n) is 13.1. The summed E-state index contributed by atoms with van der Waals surface area (Å²) in [6.45, 7) is 4.52. The van der Waals surface area contributed by atoms with Gasteiger partial charge in [-0.3, -0.25) is 0 Å². The molecule has 120 valence electrons. The Bertz CT molecular complexity index is 566. The lowest BCUT2D eigenvalue weighted by molar-refractivity contribution is 0.233. The van der Waals surface area contributed by atoms with Crippen molar-refractivity contribution >= 4 is 26.0 Å². The maximum absolute atomic E-state index is 12.3. The van der Waals surface area contributed by atoms with Gasteiger partial charge in [-0.2, -0.15) is 0 Å². The van der Waals surface area contributed by atoms with Crippen LogP contribution in [0.2, 0.25) is 0 Å². The fourth-order valence-corrected chi connectivity index (χ4v) is 3.88. The molecular weight excluding hydrogens is 356 g/mol. The average Bonchev–Trinajstić information content (AvgIpc) is 2.37. The lowest BCUT2D eigenvalue weighted by Crippen LogP contribution is -2.43. The van der Waals surface area contributed by atoms with E-state index in [9.17, 15) is 8.42 Å². The van der Waals surface area contributed by atoms with Crippen LogP contribution in [0.3, 0.4) is 0 Å². The number of hydrogen-bond donors (Lipinski definition) is 1. The summed E-state index contributed by atoms with van der Waals surface area (Å²) in [5.74, 6) is 0.951. The molecule has 1 rings (SSSR count). The van der Waals surface area contributed by atoms with E-state index in [0.717, 1.165) is 0 Å². The van der Waals surface area contributed by atoms with Crippen molar-refractivity contribution in [1.82, 2.24) is 9.62 Å². The van der Waals surface area contributed by atoms with Gasteiger partial charge in [0.15, 0.2) is 0 Å². The SMILES string of the molecule is COc1ccc(S(=O)(=O)NCC(C(C)C)N(C)C)cc1Br. The maximum Gasteiger partial charge on any atom is 0.240 e. The van der Waals surface area contributed by atoms with E-state index in [1.54, 1.807) is 12.1 Å². The number of halogens is 1. The number of benzene rings is 1. The number of nitrogens with one attached hydrogen (secondary N) is 1. The van der Waals surface area contributed by atoms with Crippen LogP contribution >= 0.6 is 15.9 Å². The van der Waals surface area contributed by atoms with Gasteiger partial charge in [-0.05, 0) is 54.1 Å². The summed E-state index contributed by atoms with van der Waals surface area (Å²) in [6, 6.07) is 4.85. The standard InChI is InChI=1S/C14H23BrN2O3S/c1-10(2)13(17(3)4)9-16-21(18,19)11-6-7-14(20-5)12(15)8-11/h6-8,10,13,16H,9H2,1-5H3. The molecule has 0 aliphatic carbocycles. The van der Waals surface area contributed by atoms with Gasteiger partial charge in [0.2, 0.25) is 10.0 Å². The van der Waals surface area contributed by atoms with Gasteiger partial charge in [0.1, 0.15) is 5.75 Å². The molecule has 1 unspecified atom stereocenters. The highest BCUT2D eigenvalue weighted by atomic mass is 79.9. The first-order chi connectivity index (χ1) is 9.69. The van der Waals surface area contributed by atoms with E-state index in [0.29, 0.717) is 22.7 Å². The van der Waals surface area contributed by atoms with Crippen molar-refractivity contribution in [2.75, 3.05) is 27.7 Å². The van der Waals surface area contributed by atoms with Crippen molar-refractivity contribution in [3.05, 3.63) is 22.7 Å². The Labute approximate surface area is 135 Å². The van der Waals surface area contributed by atoms with Crippen LogP contribution in [0.25, 0.3) is 0 Å². The van der Waals surface area contributed by atoms with Crippen molar-refractivity contribution in [2.24, 2.45) is 5.92 Å². The third-order valence-corrected chi connectivity index (χ3v) is 5.39. The van der Waals surface area contributed by atoms with Gasteiger partial charge in [-0.25, -0.2) is 13.1 Å². The molecule has 0 saturated carbocycles. The fraction of sp³-hybridized carbons (Fsp3) is 0.571. The first kappa shape index (κ1) is 18.4. The molecule has 0 spiro atoms. The van der Waals surface area contributed by atoms with E-state index >= 15 is 0 Å². The topological polar surface area (TPSA) is 58.6 Å². The lowest BCUT2D eigenvalue weighted by atomic mass is 10.0. The summed E-state index contributed by atoms with van der Waals surface area (Å²) in [5.41, 5.74) is 0. The minimum Gasteiger partial charge on any atom is -0.496 e. The molecule has 1 atom stereocenters. The van der Waals surface area contributed by atoms with Crippen molar-refractivity contribution in [3.63, 3.8) is 0 Å². The molecule has 0 amide bonds. The fourth-order valence-electron chi connectivity index (χ4n) is 2.11.